The van der Waals surface area contributed by atoms with E-state index in [9.17, 15) is 25.2 Å². The molecular formula is C40H65NO5. The Kier molecular flexibility index (Phi) is 31.6. The predicted octanol–water partition coefficient (Wildman–Crippen LogP) is 8.28. The van der Waals surface area contributed by atoms with Gasteiger partial charge < -0.3 is 25.7 Å². The molecule has 0 spiro atoms. The number of unbranched alkanes of at least 4 members (excludes halogenated alkanes) is 8. The van der Waals surface area contributed by atoms with Crippen LogP contribution in [0.2, 0.25) is 0 Å². The summed E-state index contributed by atoms with van der Waals surface area (Å²) >= 11 is 0. The van der Waals surface area contributed by atoms with Crippen molar-refractivity contribution in [2.24, 2.45) is 0 Å². The van der Waals surface area contributed by atoms with E-state index in [-0.39, 0.29) is 18.9 Å². The van der Waals surface area contributed by atoms with Crippen molar-refractivity contribution in [1.82, 2.24) is 5.32 Å². The number of aliphatic hydroxyl groups is 4. The quantitative estimate of drug-likeness (QED) is 0.0321. The molecule has 4 atom stereocenters. The molecule has 0 radical (unpaired) electrons. The van der Waals surface area contributed by atoms with Crippen molar-refractivity contribution < 1.29 is 25.2 Å². The van der Waals surface area contributed by atoms with E-state index in [1.54, 1.807) is 30.4 Å². The molecule has 0 aromatic carbocycles. The maximum Gasteiger partial charge on any atom is 0.220 e. The van der Waals surface area contributed by atoms with E-state index < -0.39 is 24.4 Å². The standard InChI is InChI=1S/C40H65NO5/c1-3-5-7-8-9-10-11-12-13-14-15-19-27-33-39(45)38(35-42)41-40(46)34-28-20-17-16-18-24-30-37(44)32-26-22-21-25-31-36(43)29-23-6-4-2/h6-8,17-18,20-27,31-33,36-39,42-45H,3-5,9-16,19,28-30,34-35H2,1-2H3,(H,41,46)/b8-7-,20-17-,22-21-,23-6-,24-18-,31-25+,32-26+,33-27+/t36-,37+,38-,39+/m0/s1. The number of rotatable bonds is 29. The predicted molar refractivity (Wildman–Crippen MR) is 195 cm³/mol. The van der Waals surface area contributed by atoms with Crippen molar-refractivity contribution in [3.8, 4) is 0 Å². The number of carbonyl (C=O) groups is 1. The lowest BCUT2D eigenvalue weighted by Crippen LogP contribution is -2.45. The van der Waals surface area contributed by atoms with Crippen molar-refractivity contribution in [2.75, 3.05) is 6.61 Å². The smallest absolute Gasteiger partial charge is 0.220 e. The fourth-order valence-electron chi connectivity index (χ4n) is 4.43. The fourth-order valence-corrected chi connectivity index (χ4v) is 4.43. The van der Waals surface area contributed by atoms with E-state index >= 15 is 0 Å². The molecule has 0 saturated carbocycles. The molecule has 1 amide bonds. The lowest BCUT2D eigenvalue weighted by atomic mass is 10.1. The number of nitrogens with one attached hydrogen (secondary N) is 1. The van der Waals surface area contributed by atoms with Crippen molar-refractivity contribution in [3.05, 3.63) is 97.2 Å². The Morgan fingerprint density at radius 1 is 0.609 bits per heavy atom. The van der Waals surface area contributed by atoms with Gasteiger partial charge in [0.05, 0.1) is 31.0 Å². The molecule has 0 aliphatic carbocycles. The number of carbonyl (C=O) groups excluding carboxylic acids is 1. The molecule has 6 heteroatoms. The first kappa shape index (κ1) is 43.2. The van der Waals surface area contributed by atoms with Crippen LogP contribution < -0.4 is 5.32 Å². The molecule has 0 aromatic heterocycles. The number of hydrogen-bond acceptors (Lipinski definition) is 5. The topological polar surface area (TPSA) is 110 Å². The minimum absolute atomic E-state index is 0.202. The Morgan fingerprint density at radius 2 is 1.15 bits per heavy atom. The molecule has 0 aromatic rings. The van der Waals surface area contributed by atoms with Crippen LogP contribution in [0.1, 0.15) is 117 Å². The van der Waals surface area contributed by atoms with Crippen molar-refractivity contribution in [1.29, 1.82) is 0 Å². The zero-order valence-electron chi connectivity index (χ0n) is 28.8. The second-order valence-corrected chi connectivity index (χ2v) is 11.6. The molecular weight excluding hydrogens is 574 g/mol. The summed E-state index contributed by atoms with van der Waals surface area (Å²) in [6.07, 6.45) is 44.1. The number of aliphatic hydroxyl groups excluding tert-OH is 4. The van der Waals surface area contributed by atoms with E-state index in [2.05, 4.69) is 31.3 Å². The summed E-state index contributed by atoms with van der Waals surface area (Å²) in [5.74, 6) is -0.202. The van der Waals surface area contributed by atoms with Gasteiger partial charge in [-0.15, -0.1) is 0 Å². The molecule has 0 rings (SSSR count). The first-order valence-corrected chi connectivity index (χ1v) is 17.7. The normalized spacial score (nSPS) is 15.7. The molecule has 0 bridgehead atoms. The SMILES string of the molecule is CC/C=C\C[C@H](O)/C=C/C=C\C=C\[C@H](O)C/C=C\C/C=C\CCC(=O)N[C@@H](CO)[C@H](O)/C=C/CCCCCCCC/C=C\CCC. The van der Waals surface area contributed by atoms with E-state index in [0.29, 0.717) is 25.7 Å². The molecule has 5 N–H and O–H groups in total. The largest absolute Gasteiger partial charge is 0.394 e. The third-order valence-electron chi connectivity index (χ3n) is 7.20. The van der Waals surface area contributed by atoms with Gasteiger partial charge in [0.25, 0.3) is 0 Å². The highest BCUT2D eigenvalue weighted by atomic mass is 16.3. The molecule has 0 fully saturated rings. The second-order valence-electron chi connectivity index (χ2n) is 11.6. The minimum atomic E-state index is -0.912. The van der Waals surface area contributed by atoms with Crippen molar-refractivity contribution in [2.45, 2.75) is 141 Å². The number of allylic oxidation sites excluding steroid dienone is 11. The number of hydrogen-bond donors (Lipinski definition) is 5. The fraction of sp³-hybridized carbons (Fsp3) is 0.575. The molecule has 6 nitrogen and oxygen atoms in total. The summed E-state index contributed by atoms with van der Waals surface area (Å²) in [6.45, 7) is 3.94. The summed E-state index contributed by atoms with van der Waals surface area (Å²) in [5, 5.41) is 42.6. The summed E-state index contributed by atoms with van der Waals surface area (Å²) in [6, 6.07) is -0.708. The Morgan fingerprint density at radius 3 is 1.76 bits per heavy atom. The highest BCUT2D eigenvalue weighted by Crippen LogP contribution is 2.10. The van der Waals surface area contributed by atoms with Crippen molar-refractivity contribution in [3.63, 3.8) is 0 Å². The van der Waals surface area contributed by atoms with E-state index in [4.69, 9.17) is 0 Å². The van der Waals surface area contributed by atoms with Gasteiger partial charge in [-0.1, -0.05) is 143 Å². The third-order valence-corrected chi connectivity index (χ3v) is 7.20. The van der Waals surface area contributed by atoms with Crippen LogP contribution in [0.25, 0.3) is 0 Å². The van der Waals surface area contributed by atoms with Gasteiger partial charge in [-0.3, -0.25) is 4.79 Å². The molecule has 46 heavy (non-hydrogen) atoms. The van der Waals surface area contributed by atoms with Crippen LogP contribution in [0, 0.1) is 0 Å². The lowest BCUT2D eigenvalue weighted by molar-refractivity contribution is -0.122. The summed E-state index contributed by atoms with van der Waals surface area (Å²) < 4.78 is 0. The van der Waals surface area contributed by atoms with Gasteiger partial charge in [-0.2, -0.15) is 0 Å². The van der Waals surface area contributed by atoms with Gasteiger partial charge in [0.15, 0.2) is 0 Å². The average Bonchev–Trinajstić information content (AvgIpc) is 3.04. The summed E-state index contributed by atoms with van der Waals surface area (Å²) in [7, 11) is 0. The highest BCUT2D eigenvalue weighted by Gasteiger charge is 2.17. The van der Waals surface area contributed by atoms with Gasteiger partial charge in [-0.25, -0.2) is 0 Å². The van der Waals surface area contributed by atoms with Crippen LogP contribution in [0.15, 0.2) is 97.2 Å². The maximum absolute atomic E-state index is 12.3. The van der Waals surface area contributed by atoms with Crippen LogP contribution in [0.5, 0.6) is 0 Å². The molecule has 0 heterocycles. The zero-order chi connectivity index (χ0) is 33.9. The van der Waals surface area contributed by atoms with Crippen LogP contribution >= 0.6 is 0 Å². The molecule has 0 aliphatic rings. The average molecular weight is 640 g/mol. The maximum atomic E-state index is 12.3. The Hall–Kier alpha value is -2.77. The monoisotopic (exact) mass is 639 g/mol. The zero-order valence-corrected chi connectivity index (χ0v) is 28.8. The Balaban J connectivity index is 4.01. The first-order chi connectivity index (χ1) is 22.4. The molecule has 0 saturated heterocycles. The van der Waals surface area contributed by atoms with Crippen LogP contribution in [-0.2, 0) is 4.79 Å². The lowest BCUT2D eigenvalue weighted by Gasteiger charge is -2.19. The van der Waals surface area contributed by atoms with Gasteiger partial charge in [0.1, 0.15) is 0 Å². The van der Waals surface area contributed by atoms with E-state index in [1.165, 1.54) is 51.4 Å². The summed E-state index contributed by atoms with van der Waals surface area (Å²) in [4.78, 5) is 12.3. The molecule has 0 unspecified atom stereocenters. The second kappa shape index (κ2) is 33.6. The van der Waals surface area contributed by atoms with Gasteiger partial charge in [0, 0.05) is 6.42 Å². The van der Waals surface area contributed by atoms with Crippen LogP contribution in [-0.4, -0.2) is 57.3 Å². The van der Waals surface area contributed by atoms with Crippen LogP contribution in [0.3, 0.4) is 0 Å². The third kappa shape index (κ3) is 29.9. The van der Waals surface area contributed by atoms with Gasteiger partial charge in [-0.05, 0) is 64.2 Å². The Labute approximate surface area is 280 Å². The minimum Gasteiger partial charge on any atom is -0.394 e. The number of amides is 1. The van der Waals surface area contributed by atoms with Gasteiger partial charge >= 0.3 is 0 Å². The highest BCUT2D eigenvalue weighted by molar-refractivity contribution is 5.76. The van der Waals surface area contributed by atoms with Crippen molar-refractivity contribution >= 4 is 5.91 Å². The van der Waals surface area contributed by atoms with E-state index in [1.807, 2.05) is 54.7 Å². The molecule has 0 aliphatic heterocycles. The first-order valence-electron chi connectivity index (χ1n) is 17.7. The van der Waals surface area contributed by atoms with E-state index in [0.717, 1.165) is 19.3 Å². The molecule has 260 valence electrons. The summed E-state index contributed by atoms with van der Waals surface area (Å²) in [5.41, 5.74) is 0. The Bertz CT molecular complexity index is 943. The van der Waals surface area contributed by atoms with Gasteiger partial charge in [0.2, 0.25) is 5.91 Å². The van der Waals surface area contributed by atoms with Crippen LogP contribution in [0.4, 0.5) is 0 Å².